The van der Waals surface area contributed by atoms with Gasteiger partial charge in [-0.1, -0.05) is 18.8 Å². The Bertz CT molecular complexity index is 950. The first-order valence-corrected chi connectivity index (χ1v) is 11.7. The Labute approximate surface area is 201 Å². The van der Waals surface area contributed by atoms with E-state index >= 15 is 0 Å². The largest absolute Gasteiger partial charge is 0.472 e. The quantitative estimate of drug-likeness (QED) is 0.594. The molecule has 0 unspecified atom stereocenters. The van der Waals surface area contributed by atoms with Crippen LogP contribution < -0.4 is 4.74 Å². The predicted molar refractivity (Wildman–Crippen MR) is 125 cm³/mol. The first-order chi connectivity index (χ1) is 16.2. The van der Waals surface area contributed by atoms with E-state index in [-0.39, 0.29) is 48.9 Å². The second kappa shape index (κ2) is 11.2. The number of amides is 2. The Morgan fingerprint density at radius 2 is 2.15 bits per heavy atom. The molecular formula is C25H35N3O6. The van der Waals surface area contributed by atoms with Crippen molar-refractivity contribution in [2.75, 3.05) is 40.5 Å². The van der Waals surface area contributed by atoms with Gasteiger partial charge in [-0.3, -0.25) is 9.59 Å². The summed E-state index contributed by atoms with van der Waals surface area (Å²) in [5, 5.41) is 20.3. The molecule has 0 saturated heterocycles. The zero-order valence-electron chi connectivity index (χ0n) is 20.4. The molecule has 3 rings (SSSR count). The molecular weight excluding hydrogens is 438 g/mol. The standard InChI is InChI=1S/C25H35N3O6/c1-17-13-28(18(2)15-29)24(31)20-11-19(7-10-25(32)8-5-6-9-25)12-26-23(20)34-21(17)14-27(3)22(30)16-33-4/h11-12,17-18,21,29,32H,5-6,8-9,13-16H2,1-4H3/t17-,18+,21-/m0/s1. The van der Waals surface area contributed by atoms with Gasteiger partial charge in [0.2, 0.25) is 11.8 Å². The fourth-order valence-corrected chi connectivity index (χ4v) is 4.27. The van der Waals surface area contributed by atoms with E-state index in [9.17, 15) is 19.8 Å². The van der Waals surface area contributed by atoms with E-state index in [0.29, 0.717) is 24.9 Å². The topological polar surface area (TPSA) is 112 Å². The van der Waals surface area contributed by atoms with Crippen LogP contribution in [-0.2, 0) is 9.53 Å². The molecule has 0 spiro atoms. The minimum absolute atomic E-state index is 0.0347. The number of hydrogen-bond acceptors (Lipinski definition) is 7. The maximum Gasteiger partial charge on any atom is 0.259 e. The summed E-state index contributed by atoms with van der Waals surface area (Å²) in [5.74, 6) is 5.45. The van der Waals surface area contributed by atoms with Crippen molar-refractivity contribution in [2.24, 2.45) is 5.92 Å². The van der Waals surface area contributed by atoms with E-state index in [1.165, 1.54) is 18.2 Å². The highest BCUT2D eigenvalue weighted by molar-refractivity contribution is 5.97. The minimum atomic E-state index is -0.998. The number of carbonyl (C=O) groups excluding carboxylic acids is 2. The number of pyridine rings is 1. The van der Waals surface area contributed by atoms with Crippen molar-refractivity contribution in [3.05, 3.63) is 23.4 Å². The SMILES string of the molecule is COCC(=O)N(C)C[C@@H]1Oc2ncc(C#CC3(O)CCCC3)cc2C(=O)N([C@H](C)CO)C[C@@H]1C. The van der Waals surface area contributed by atoms with E-state index in [4.69, 9.17) is 9.47 Å². The Hall–Kier alpha value is -2.67. The van der Waals surface area contributed by atoms with Crippen LogP contribution in [0.1, 0.15) is 55.5 Å². The van der Waals surface area contributed by atoms with Gasteiger partial charge in [0, 0.05) is 38.4 Å². The highest BCUT2D eigenvalue weighted by Gasteiger charge is 2.35. The van der Waals surface area contributed by atoms with Crippen molar-refractivity contribution in [3.8, 4) is 17.7 Å². The molecule has 9 heteroatoms. The third-order valence-electron chi connectivity index (χ3n) is 6.54. The molecule has 0 radical (unpaired) electrons. The molecule has 0 bridgehead atoms. The van der Waals surface area contributed by atoms with E-state index in [0.717, 1.165) is 12.8 Å². The highest BCUT2D eigenvalue weighted by Crippen LogP contribution is 2.30. The normalized spacial score (nSPS) is 22.5. The molecule has 1 saturated carbocycles. The number of aliphatic hydroxyl groups excluding tert-OH is 1. The third-order valence-corrected chi connectivity index (χ3v) is 6.54. The van der Waals surface area contributed by atoms with Crippen molar-refractivity contribution in [3.63, 3.8) is 0 Å². The van der Waals surface area contributed by atoms with Crippen molar-refractivity contribution in [1.29, 1.82) is 0 Å². The van der Waals surface area contributed by atoms with Crippen LogP contribution in [0.4, 0.5) is 0 Å². The number of likely N-dealkylation sites (N-methyl/N-ethyl adjacent to an activating group) is 1. The molecule has 1 aliphatic heterocycles. The monoisotopic (exact) mass is 473 g/mol. The smallest absolute Gasteiger partial charge is 0.259 e. The molecule has 2 N–H and O–H groups in total. The van der Waals surface area contributed by atoms with Crippen LogP contribution in [0.5, 0.6) is 5.88 Å². The van der Waals surface area contributed by atoms with Gasteiger partial charge in [0.05, 0.1) is 19.2 Å². The molecule has 1 aliphatic carbocycles. The Morgan fingerprint density at radius 1 is 1.44 bits per heavy atom. The number of rotatable bonds is 6. The fourth-order valence-electron chi connectivity index (χ4n) is 4.27. The summed E-state index contributed by atoms with van der Waals surface area (Å²) in [6.45, 7) is 4.12. The lowest BCUT2D eigenvalue weighted by atomic mass is 9.99. The number of aliphatic hydroxyl groups is 2. The first kappa shape index (κ1) is 25.9. The minimum Gasteiger partial charge on any atom is -0.472 e. The molecule has 1 aromatic rings. The van der Waals surface area contributed by atoms with Crippen molar-refractivity contribution in [2.45, 2.75) is 57.3 Å². The summed E-state index contributed by atoms with van der Waals surface area (Å²) in [4.78, 5) is 33.2. The average Bonchev–Trinajstić information content (AvgIpc) is 3.26. The molecule has 3 atom stereocenters. The molecule has 186 valence electrons. The van der Waals surface area contributed by atoms with Gasteiger partial charge in [0.15, 0.2) is 0 Å². The Balaban J connectivity index is 1.95. The molecule has 1 fully saturated rings. The number of nitrogens with zero attached hydrogens (tertiary/aromatic N) is 3. The van der Waals surface area contributed by atoms with Gasteiger partial charge in [0.25, 0.3) is 5.91 Å². The summed E-state index contributed by atoms with van der Waals surface area (Å²) < 4.78 is 11.1. The summed E-state index contributed by atoms with van der Waals surface area (Å²) in [5.41, 5.74) is -0.249. The van der Waals surface area contributed by atoms with Crippen LogP contribution >= 0.6 is 0 Å². The second-order valence-corrected chi connectivity index (χ2v) is 9.40. The van der Waals surface area contributed by atoms with Crippen LogP contribution in [0.3, 0.4) is 0 Å². The predicted octanol–water partition coefficient (Wildman–Crippen LogP) is 1.06. The van der Waals surface area contributed by atoms with Crippen LogP contribution in [0.15, 0.2) is 12.3 Å². The fraction of sp³-hybridized carbons (Fsp3) is 0.640. The number of ether oxygens (including phenoxy) is 2. The number of aromatic nitrogens is 1. The highest BCUT2D eigenvalue weighted by atomic mass is 16.5. The molecule has 34 heavy (non-hydrogen) atoms. The summed E-state index contributed by atoms with van der Waals surface area (Å²) in [7, 11) is 3.14. The lowest BCUT2D eigenvalue weighted by Gasteiger charge is -2.37. The van der Waals surface area contributed by atoms with Crippen molar-refractivity contribution in [1.82, 2.24) is 14.8 Å². The summed E-state index contributed by atoms with van der Waals surface area (Å²) in [6, 6.07) is 1.21. The lowest BCUT2D eigenvalue weighted by molar-refractivity contribution is -0.135. The zero-order chi connectivity index (χ0) is 24.9. The molecule has 9 nitrogen and oxygen atoms in total. The Morgan fingerprint density at radius 3 is 2.79 bits per heavy atom. The number of methoxy groups -OCH3 is 1. The molecule has 2 aliphatic rings. The molecule has 2 amide bonds. The zero-order valence-corrected chi connectivity index (χ0v) is 20.4. The van der Waals surface area contributed by atoms with Gasteiger partial charge in [-0.05, 0) is 38.7 Å². The average molecular weight is 474 g/mol. The molecule has 0 aromatic carbocycles. The van der Waals surface area contributed by atoms with Crippen molar-refractivity contribution >= 4 is 11.8 Å². The van der Waals surface area contributed by atoms with Gasteiger partial charge in [-0.2, -0.15) is 0 Å². The number of fused-ring (bicyclic) bond motifs is 1. The third kappa shape index (κ3) is 6.06. The van der Waals surface area contributed by atoms with Gasteiger partial charge in [-0.15, -0.1) is 0 Å². The van der Waals surface area contributed by atoms with E-state index in [1.54, 1.807) is 24.9 Å². The van der Waals surface area contributed by atoms with Crippen LogP contribution in [0.25, 0.3) is 0 Å². The lowest BCUT2D eigenvalue weighted by Crippen LogP contribution is -2.50. The van der Waals surface area contributed by atoms with Crippen LogP contribution in [0, 0.1) is 17.8 Å². The second-order valence-electron chi connectivity index (χ2n) is 9.40. The number of hydrogen-bond donors (Lipinski definition) is 2. The molecule has 2 heterocycles. The number of carbonyl (C=O) groups is 2. The van der Waals surface area contributed by atoms with E-state index in [1.807, 2.05) is 6.92 Å². The Kier molecular flexibility index (Phi) is 8.52. The van der Waals surface area contributed by atoms with E-state index in [2.05, 4.69) is 16.8 Å². The molecule has 1 aromatic heterocycles. The summed E-state index contributed by atoms with van der Waals surface area (Å²) in [6.07, 6.45) is 4.24. The van der Waals surface area contributed by atoms with Gasteiger partial charge < -0.3 is 29.5 Å². The van der Waals surface area contributed by atoms with Gasteiger partial charge in [-0.25, -0.2) is 4.98 Å². The maximum atomic E-state index is 13.4. The maximum absolute atomic E-state index is 13.4. The first-order valence-electron chi connectivity index (χ1n) is 11.7. The summed E-state index contributed by atoms with van der Waals surface area (Å²) >= 11 is 0. The van der Waals surface area contributed by atoms with Crippen molar-refractivity contribution < 1.29 is 29.3 Å². The van der Waals surface area contributed by atoms with Crippen LogP contribution in [0.2, 0.25) is 0 Å². The van der Waals surface area contributed by atoms with Crippen LogP contribution in [-0.4, -0.2) is 95.0 Å². The van der Waals surface area contributed by atoms with Gasteiger partial charge >= 0.3 is 0 Å². The van der Waals surface area contributed by atoms with E-state index < -0.39 is 17.7 Å². The van der Waals surface area contributed by atoms with Gasteiger partial charge in [0.1, 0.15) is 23.9 Å².